The van der Waals surface area contributed by atoms with Crippen LogP contribution in [0, 0.1) is 0 Å². The lowest BCUT2D eigenvalue weighted by Gasteiger charge is -2.16. The van der Waals surface area contributed by atoms with Crippen molar-refractivity contribution in [2.24, 2.45) is 0 Å². The molecule has 0 amide bonds. The van der Waals surface area contributed by atoms with Crippen LogP contribution < -0.4 is 0 Å². The number of aromatic amines is 1. The smallest absolute Gasteiger partial charge is 0.163 e. The molecule has 1 atom stereocenters. The van der Waals surface area contributed by atoms with Crippen LogP contribution in [0.15, 0.2) is 72.9 Å². The number of benzene rings is 2. The van der Waals surface area contributed by atoms with Gasteiger partial charge < -0.3 is 4.98 Å². The first-order valence-electron chi connectivity index (χ1n) is 7.21. The molecule has 22 heavy (non-hydrogen) atoms. The van der Waals surface area contributed by atoms with Crippen LogP contribution in [0.4, 0.5) is 0 Å². The highest BCUT2D eigenvalue weighted by Crippen LogP contribution is 2.29. The number of rotatable bonds is 5. The molecule has 1 N–H and O–H groups in total. The van der Waals surface area contributed by atoms with E-state index in [1.54, 1.807) is 0 Å². The molecule has 1 aromatic heterocycles. The zero-order chi connectivity index (χ0) is 15.4. The fourth-order valence-electron chi connectivity index (χ4n) is 2.59. The first kappa shape index (κ1) is 14.6. The average Bonchev–Trinajstić information content (AvgIpc) is 3.08. The summed E-state index contributed by atoms with van der Waals surface area (Å²) in [5, 5.41) is 0.698. The maximum atomic E-state index is 12.6. The molecule has 0 aliphatic carbocycles. The summed E-state index contributed by atoms with van der Waals surface area (Å²) in [5.41, 5.74) is 2.86. The van der Waals surface area contributed by atoms with Gasteiger partial charge in [0.2, 0.25) is 0 Å². The van der Waals surface area contributed by atoms with Crippen LogP contribution in [0.3, 0.4) is 0 Å². The number of carbonyl (C=O) groups is 1. The summed E-state index contributed by atoms with van der Waals surface area (Å²) in [6, 6.07) is 21.0. The lowest BCUT2D eigenvalue weighted by molar-refractivity contribution is 0.0977. The van der Waals surface area contributed by atoms with Gasteiger partial charge in [-0.25, -0.2) is 0 Å². The molecule has 3 heteroatoms. The maximum absolute atomic E-state index is 12.6. The maximum Gasteiger partial charge on any atom is 0.163 e. The normalized spacial score (nSPS) is 12.0. The number of H-pyrrole nitrogens is 1. The van der Waals surface area contributed by atoms with Crippen LogP contribution in [0.25, 0.3) is 0 Å². The number of hydrogen-bond acceptors (Lipinski definition) is 1. The molecule has 0 fully saturated rings. The SMILES string of the molecule is O=C(C[C@@H](c1ccc(Cl)cc1)c1ccc[nH]1)c1ccccc1. The Morgan fingerprint density at radius 1 is 0.955 bits per heavy atom. The molecule has 0 saturated carbocycles. The van der Waals surface area contributed by atoms with E-state index in [1.807, 2.05) is 72.9 Å². The van der Waals surface area contributed by atoms with Crippen LogP contribution >= 0.6 is 11.6 Å². The van der Waals surface area contributed by atoms with Gasteiger partial charge >= 0.3 is 0 Å². The fraction of sp³-hybridized carbons (Fsp3) is 0.105. The standard InChI is InChI=1S/C19H16ClNO/c20-16-10-8-14(9-11-16)17(18-7-4-12-21-18)13-19(22)15-5-2-1-3-6-15/h1-12,17,21H,13H2/t17-/m0/s1. The second kappa shape index (κ2) is 6.63. The molecule has 0 bridgehead atoms. The number of carbonyl (C=O) groups excluding carboxylic acids is 1. The number of ketones is 1. The van der Waals surface area contributed by atoms with Crippen molar-refractivity contribution in [1.29, 1.82) is 0 Å². The Hall–Kier alpha value is -2.32. The van der Waals surface area contributed by atoms with Gasteiger partial charge in [0, 0.05) is 34.8 Å². The third-order valence-corrected chi connectivity index (χ3v) is 4.01. The quantitative estimate of drug-likeness (QED) is 0.655. The van der Waals surface area contributed by atoms with E-state index in [0.717, 1.165) is 16.8 Å². The van der Waals surface area contributed by atoms with E-state index in [0.29, 0.717) is 11.4 Å². The van der Waals surface area contributed by atoms with Gasteiger partial charge in [0.15, 0.2) is 5.78 Å². The molecule has 0 spiro atoms. The van der Waals surface area contributed by atoms with E-state index in [1.165, 1.54) is 0 Å². The van der Waals surface area contributed by atoms with E-state index in [-0.39, 0.29) is 11.7 Å². The minimum Gasteiger partial charge on any atom is -0.364 e. The third kappa shape index (κ3) is 3.29. The summed E-state index contributed by atoms with van der Waals surface area (Å²) in [4.78, 5) is 15.8. The van der Waals surface area contributed by atoms with Crippen molar-refractivity contribution < 1.29 is 4.79 Å². The van der Waals surface area contributed by atoms with Crippen molar-refractivity contribution in [2.75, 3.05) is 0 Å². The Labute approximate surface area is 134 Å². The molecule has 1 heterocycles. The van der Waals surface area contributed by atoms with Crippen molar-refractivity contribution >= 4 is 17.4 Å². The Bertz CT molecular complexity index is 733. The summed E-state index contributed by atoms with van der Waals surface area (Å²) in [6.45, 7) is 0. The van der Waals surface area contributed by atoms with Gasteiger partial charge in [-0.2, -0.15) is 0 Å². The lowest BCUT2D eigenvalue weighted by Crippen LogP contribution is -2.09. The molecular formula is C19H16ClNO. The Kier molecular flexibility index (Phi) is 4.40. The summed E-state index contributed by atoms with van der Waals surface area (Å²) in [7, 11) is 0. The Morgan fingerprint density at radius 3 is 2.32 bits per heavy atom. The van der Waals surface area contributed by atoms with E-state index >= 15 is 0 Å². The highest BCUT2D eigenvalue weighted by Gasteiger charge is 2.19. The van der Waals surface area contributed by atoms with Crippen LogP contribution in [0.1, 0.15) is 34.0 Å². The van der Waals surface area contributed by atoms with E-state index < -0.39 is 0 Å². The van der Waals surface area contributed by atoms with E-state index in [4.69, 9.17) is 11.6 Å². The van der Waals surface area contributed by atoms with Crippen molar-refractivity contribution in [2.45, 2.75) is 12.3 Å². The lowest BCUT2D eigenvalue weighted by atomic mass is 9.89. The summed E-state index contributed by atoms with van der Waals surface area (Å²) >= 11 is 5.97. The molecule has 3 aromatic rings. The number of halogens is 1. The molecule has 0 saturated heterocycles. The molecule has 0 aliphatic rings. The molecule has 2 aromatic carbocycles. The van der Waals surface area contributed by atoms with Gasteiger partial charge in [-0.1, -0.05) is 54.1 Å². The predicted molar refractivity (Wildman–Crippen MR) is 89.5 cm³/mol. The molecule has 110 valence electrons. The van der Waals surface area contributed by atoms with Crippen molar-refractivity contribution in [3.63, 3.8) is 0 Å². The minimum absolute atomic E-state index is 0.0000252. The summed E-state index contributed by atoms with van der Waals surface area (Å²) < 4.78 is 0. The highest BCUT2D eigenvalue weighted by molar-refractivity contribution is 6.30. The Morgan fingerprint density at radius 2 is 1.68 bits per heavy atom. The van der Waals surface area contributed by atoms with Gasteiger partial charge in [0.1, 0.15) is 0 Å². The number of hydrogen-bond donors (Lipinski definition) is 1. The predicted octanol–water partition coefficient (Wildman–Crippen LogP) is 5.07. The van der Waals surface area contributed by atoms with Gasteiger partial charge in [-0.15, -0.1) is 0 Å². The van der Waals surface area contributed by atoms with Crippen LogP contribution in [-0.2, 0) is 0 Å². The second-order valence-electron chi connectivity index (χ2n) is 5.22. The second-order valence-corrected chi connectivity index (χ2v) is 5.66. The summed E-state index contributed by atoms with van der Waals surface area (Å²) in [5.74, 6) is 0.134. The average molecular weight is 310 g/mol. The third-order valence-electron chi connectivity index (χ3n) is 3.76. The van der Waals surface area contributed by atoms with Crippen LogP contribution in [-0.4, -0.2) is 10.8 Å². The van der Waals surface area contributed by atoms with Crippen LogP contribution in [0.2, 0.25) is 5.02 Å². The van der Waals surface area contributed by atoms with Crippen molar-refractivity contribution in [3.05, 3.63) is 94.8 Å². The molecule has 0 aliphatic heterocycles. The molecule has 3 rings (SSSR count). The molecule has 0 radical (unpaired) electrons. The zero-order valence-electron chi connectivity index (χ0n) is 12.0. The van der Waals surface area contributed by atoms with Crippen molar-refractivity contribution in [3.8, 4) is 0 Å². The fourth-order valence-corrected chi connectivity index (χ4v) is 2.72. The number of nitrogens with one attached hydrogen (secondary N) is 1. The zero-order valence-corrected chi connectivity index (χ0v) is 12.8. The Balaban J connectivity index is 1.90. The minimum atomic E-state index is -0.0000252. The number of Topliss-reactive ketones (excluding diaryl/α,β-unsaturated/α-hetero) is 1. The van der Waals surface area contributed by atoms with Gasteiger partial charge in [0.25, 0.3) is 0 Å². The van der Waals surface area contributed by atoms with Gasteiger partial charge in [-0.05, 0) is 29.8 Å². The number of aromatic nitrogens is 1. The molecule has 2 nitrogen and oxygen atoms in total. The first-order chi connectivity index (χ1) is 10.7. The van der Waals surface area contributed by atoms with Gasteiger partial charge in [0.05, 0.1) is 0 Å². The molecule has 0 unspecified atom stereocenters. The van der Waals surface area contributed by atoms with Crippen molar-refractivity contribution in [1.82, 2.24) is 4.98 Å². The van der Waals surface area contributed by atoms with Gasteiger partial charge in [-0.3, -0.25) is 4.79 Å². The molecular weight excluding hydrogens is 294 g/mol. The largest absolute Gasteiger partial charge is 0.364 e. The summed E-state index contributed by atoms with van der Waals surface area (Å²) in [6.07, 6.45) is 2.30. The van der Waals surface area contributed by atoms with E-state index in [2.05, 4.69) is 4.98 Å². The topological polar surface area (TPSA) is 32.9 Å². The van der Waals surface area contributed by atoms with Crippen LogP contribution in [0.5, 0.6) is 0 Å². The monoisotopic (exact) mass is 309 g/mol. The highest BCUT2D eigenvalue weighted by atomic mass is 35.5. The first-order valence-corrected chi connectivity index (χ1v) is 7.59. The van der Waals surface area contributed by atoms with E-state index in [9.17, 15) is 4.79 Å².